The second kappa shape index (κ2) is 4.45. The van der Waals surface area contributed by atoms with Crippen molar-refractivity contribution in [2.75, 3.05) is 13.6 Å². The molecule has 12 heavy (non-hydrogen) atoms. The van der Waals surface area contributed by atoms with Crippen LogP contribution in [-0.4, -0.2) is 35.1 Å². The van der Waals surface area contributed by atoms with Crippen LogP contribution in [-0.2, 0) is 4.79 Å². The summed E-state index contributed by atoms with van der Waals surface area (Å²) in [5.41, 5.74) is -0.658. The summed E-state index contributed by atoms with van der Waals surface area (Å²) in [5.74, 6) is -0.711. The Bertz CT molecular complexity index is 153. The van der Waals surface area contributed by atoms with Crippen LogP contribution < -0.4 is 0 Å². The lowest BCUT2D eigenvalue weighted by Gasteiger charge is -2.36. The van der Waals surface area contributed by atoms with E-state index in [0.29, 0.717) is 12.8 Å². The molecule has 0 unspecified atom stereocenters. The molecule has 0 amide bonds. The molecule has 0 aliphatic carbocycles. The summed E-state index contributed by atoms with van der Waals surface area (Å²) in [6.07, 6.45) is 1.31. The normalized spacial score (nSPS) is 12.1. The average molecular weight is 173 g/mol. The van der Waals surface area contributed by atoms with E-state index in [9.17, 15) is 4.79 Å². The fourth-order valence-corrected chi connectivity index (χ4v) is 1.56. The maximum atomic E-state index is 11.0. The highest BCUT2D eigenvalue weighted by atomic mass is 16.4. The maximum absolute atomic E-state index is 11.0. The van der Waals surface area contributed by atoms with Crippen molar-refractivity contribution in [1.29, 1.82) is 0 Å². The molecule has 0 saturated carbocycles. The Morgan fingerprint density at radius 3 is 1.83 bits per heavy atom. The Balaban J connectivity index is 4.68. The van der Waals surface area contributed by atoms with E-state index in [4.69, 9.17) is 5.11 Å². The third-order valence-corrected chi connectivity index (χ3v) is 2.77. The quantitative estimate of drug-likeness (QED) is 0.686. The van der Waals surface area contributed by atoms with Gasteiger partial charge in [0.2, 0.25) is 0 Å². The first-order chi connectivity index (χ1) is 5.55. The predicted octanol–water partition coefficient (Wildman–Crippen LogP) is 1.58. The van der Waals surface area contributed by atoms with E-state index < -0.39 is 11.5 Å². The van der Waals surface area contributed by atoms with Gasteiger partial charge in [-0.15, -0.1) is 0 Å². The van der Waals surface area contributed by atoms with Gasteiger partial charge >= 0.3 is 5.97 Å². The summed E-state index contributed by atoms with van der Waals surface area (Å²) in [6.45, 7) is 6.59. The number of carboxylic acids is 1. The largest absolute Gasteiger partial charge is 0.480 e. The number of carbonyl (C=O) groups is 1. The van der Waals surface area contributed by atoms with Gasteiger partial charge in [0.25, 0.3) is 0 Å². The van der Waals surface area contributed by atoms with E-state index in [1.54, 1.807) is 0 Å². The number of hydrogen-bond donors (Lipinski definition) is 1. The van der Waals surface area contributed by atoms with Gasteiger partial charge in [0.1, 0.15) is 5.54 Å². The maximum Gasteiger partial charge on any atom is 0.324 e. The highest BCUT2D eigenvalue weighted by Crippen LogP contribution is 2.22. The molecular weight excluding hydrogens is 154 g/mol. The summed E-state index contributed by atoms with van der Waals surface area (Å²) in [5, 5.41) is 9.08. The molecule has 0 bridgehead atoms. The van der Waals surface area contributed by atoms with Crippen LogP contribution in [0.15, 0.2) is 0 Å². The highest BCUT2D eigenvalue weighted by molar-refractivity contribution is 5.78. The standard InChI is InChI=1S/C9H19NO2/c1-5-9(6-2,8(11)12)10(4)7-3/h5-7H2,1-4H3,(H,11,12). The summed E-state index contributed by atoms with van der Waals surface area (Å²) in [6, 6.07) is 0. The lowest BCUT2D eigenvalue weighted by Crippen LogP contribution is -2.51. The molecule has 0 atom stereocenters. The van der Waals surface area contributed by atoms with Gasteiger partial charge in [0.15, 0.2) is 0 Å². The molecule has 0 aromatic rings. The lowest BCUT2D eigenvalue weighted by atomic mass is 9.91. The van der Waals surface area contributed by atoms with Crippen molar-refractivity contribution in [2.24, 2.45) is 0 Å². The Hall–Kier alpha value is -0.570. The van der Waals surface area contributed by atoms with Crippen molar-refractivity contribution in [3.8, 4) is 0 Å². The molecule has 0 saturated heterocycles. The average Bonchev–Trinajstić information content (AvgIpc) is 2.06. The van der Waals surface area contributed by atoms with Crippen molar-refractivity contribution in [3.63, 3.8) is 0 Å². The van der Waals surface area contributed by atoms with Crippen LogP contribution in [0.1, 0.15) is 33.6 Å². The van der Waals surface area contributed by atoms with E-state index in [1.165, 1.54) is 0 Å². The molecule has 0 fully saturated rings. The van der Waals surface area contributed by atoms with Crippen LogP contribution in [0.25, 0.3) is 0 Å². The molecule has 0 heterocycles. The molecule has 3 nitrogen and oxygen atoms in total. The van der Waals surface area contributed by atoms with Gasteiger partial charge in [-0.1, -0.05) is 20.8 Å². The molecule has 72 valence electrons. The Kier molecular flexibility index (Phi) is 4.24. The van der Waals surface area contributed by atoms with E-state index in [-0.39, 0.29) is 0 Å². The first-order valence-electron chi connectivity index (χ1n) is 4.49. The molecule has 0 aliphatic rings. The second-order valence-electron chi connectivity index (χ2n) is 3.06. The molecule has 0 aliphatic heterocycles. The lowest BCUT2D eigenvalue weighted by molar-refractivity contribution is -0.151. The number of nitrogens with zero attached hydrogens (tertiary/aromatic N) is 1. The second-order valence-corrected chi connectivity index (χ2v) is 3.06. The number of aliphatic carboxylic acids is 1. The summed E-state index contributed by atoms with van der Waals surface area (Å²) in [7, 11) is 1.86. The summed E-state index contributed by atoms with van der Waals surface area (Å²) in [4.78, 5) is 12.9. The summed E-state index contributed by atoms with van der Waals surface area (Å²) >= 11 is 0. The van der Waals surface area contributed by atoms with E-state index in [2.05, 4.69) is 0 Å². The van der Waals surface area contributed by atoms with Gasteiger partial charge in [-0.25, -0.2) is 0 Å². The minimum atomic E-state index is -0.711. The van der Waals surface area contributed by atoms with Gasteiger partial charge in [-0.05, 0) is 26.4 Å². The highest BCUT2D eigenvalue weighted by Gasteiger charge is 2.37. The van der Waals surface area contributed by atoms with Crippen molar-refractivity contribution in [1.82, 2.24) is 4.90 Å². The van der Waals surface area contributed by atoms with Crippen LogP contribution in [0, 0.1) is 0 Å². The fourth-order valence-electron chi connectivity index (χ4n) is 1.56. The zero-order valence-electron chi connectivity index (χ0n) is 8.42. The number of carboxylic acid groups (broad SMARTS) is 1. The minimum Gasteiger partial charge on any atom is -0.480 e. The van der Waals surface area contributed by atoms with Crippen LogP contribution in [0.2, 0.25) is 0 Å². The van der Waals surface area contributed by atoms with Crippen LogP contribution >= 0.6 is 0 Å². The molecule has 1 N–H and O–H groups in total. The van der Waals surface area contributed by atoms with Crippen LogP contribution in [0.3, 0.4) is 0 Å². The van der Waals surface area contributed by atoms with Crippen LogP contribution in [0.5, 0.6) is 0 Å². The first kappa shape index (κ1) is 11.4. The van der Waals surface area contributed by atoms with Gasteiger partial charge in [0, 0.05) is 0 Å². The fraction of sp³-hybridized carbons (Fsp3) is 0.889. The van der Waals surface area contributed by atoms with Crippen molar-refractivity contribution in [2.45, 2.75) is 39.2 Å². The smallest absolute Gasteiger partial charge is 0.324 e. The monoisotopic (exact) mass is 173 g/mol. The van der Waals surface area contributed by atoms with Crippen molar-refractivity contribution >= 4 is 5.97 Å². The molecular formula is C9H19NO2. The Labute approximate surface area is 74.4 Å². The molecule has 0 aromatic carbocycles. The van der Waals surface area contributed by atoms with Gasteiger partial charge in [0.05, 0.1) is 0 Å². The zero-order chi connectivity index (χ0) is 9.78. The molecule has 0 spiro atoms. The topological polar surface area (TPSA) is 40.5 Å². The zero-order valence-corrected chi connectivity index (χ0v) is 8.42. The third-order valence-electron chi connectivity index (χ3n) is 2.77. The number of hydrogen-bond acceptors (Lipinski definition) is 2. The van der Waals surface area contributed by atoms with E-state index >= 15 is 0 Å². The predicted molar refractivity (Wildman–Crippen MR) is 49.3 cm³/mol. The molecule has 0 aromatic heterocycles. The Morgan fingerprint density at radius 2 is 1.75 bits per heavy atom. The van der Waals surface area contributed by atoms with Gasteiger partial charge < -0.3 is 5.11 Å². The summed E-state index contributed by atoms with van der Waals surface area (Å²) < 4.78 is 0. The van der Waals surface area contributed by atoms with Gasteiger partial charge in [-0.3, -0.25) is 9.69 Å². The molecule has 0 radical (unpaired) electrons. The molecule has 3 heteroatoms. The SMILES string of the molecule is CCN(C)C(CC)(CC)C(=O)O. The number of likely N-dealkylation sites (N-methyl/N-ethyl adjacent to an activating group) is 1. The van der Waals surface area contributed by atoms with E-state index in [0.717, 1.165) is 6.54 Å². The van der Waals surface area contributed by atoms with Crippen molar-refractivity contribution in [3.05, 3.63) is 0 Å². The first-order valence-corrected chi connectivity index (χ1v) is 4.49. The van der Waals surface area contributed by atoms with Crippen LogP contribution in [0.4, 0.5) is 0 Å². The third kappa shape index (κ3) is 1.78. The van der Waals surface area contributed by atoms with Crippen molar-refractivity contribution < 1.29 is 9.90 Å². The van der Waals surface area contributed by atoms with E-state index in [1.807, 2.05) is 32.7 Å². The number of rotatable bonds is 5. The minimum absolute atomic E-state index is 0.656. The van der Waals surface area contributed by atoms with Gasteiger partial charge in [-0.2, -0.15) is 0 Å². The Morgan fingerprint density at radius 1 is 1.33 bits per heavy atom. The molecule has 0 rings (SSSR count).